The standard InChI is InChI=1S/C25H48O3Si2/c1-23-13-9-10-20(23)19-16-22(28-30(6,7)8)25(26)17-18(27-29(3,4)5)11-15-24(25,2)21(19)12-14-23/h18-22,26H,9-17H2,1-8H3. The maximum Gasteiger partial charge on any atom is 0.184 e. The Balaban J connectivity index is 1.69. The normalized spacial score (nSPS) is 49.3. The largest absolute Gasteiger partial charge is 0.415 e. The van der Waals surface area contributed by atoms with E-state index in [-0.39, 0.29) is 17.6 Å². The summed E-state index contributed by atoms with van der Waals surface area (Å²) in [6, 6.07) is 0. The number of fused-ring (bicyclic) bond motifs is 5. The van der Waals surface area contributed by atoms with Gasteiger partial charge in [-0.3, -0.25) is 0 Å². The first kappa shape index (κ1) is 23.5. The Morgan fingerprint density at radius 3 is 2.10 bits per heavy atom. The topological polar surface area (TPSA) is 38.7 Å². The summed E-state index contributed by atoms with van der Waals surface area (Å²) in [6.45, 7) is 18.7. The molecule has 4 aliphatic rings. The van der Waals surface area contributed by atoms with Crippen LogP contribution < -0.4 is 0 Å². The lowest BCUT2D eigenvalue weighted by atomic mass is 9.43. The molecule has 4 fully saturated rings. The van der Waals surface area contributed by atoms with Crippen molar-refractivity contribution in [1.82, 2.24) is 0 Å². The van der Waals surface area contributed by atoms with E-state index < -0.39 is 22.2 Å². The lowest BCUT2D eigenvalue weighted by Crippen LogP contribution is -2.70. The van der Waals surface area contributed by atoms with Crippen molar-refractivity contribution in [2.45, 2.75) is 129 Å². The zero-order valence-corrected chi connectivity index (χ0v) is 23.0. The number of aliphatic hydroxyl groups is 1. The quantitative estimate of drug-likeness (QED) is 0.489. The molecule has 0 heterocycles. The molecule has 0 aromatic heterocycles. The maximum atomic E-state index is 12.5. The molecule has 8 unspecified atom stereocenters. The predicted octanol–water partition coefficient (Wildman–Crippen LogP) is 6.58. The van der Waals surface area contributed by atoms with Crippen molar-refractivity contribution in [2.75, 3.05) is 0 Å². The van der Waals surface area contributed by atoms with Crippen molar-refractivity contribution in [1.29, 1.82) is 0 Å². The molecule has 174 valence electrons. The Morgan fingerprint density at radius 2 is 1.47 bits per heavy atom. The van der Waals surface area contributed by atoms with Gasteiger partial charge in [-0.15, -0.1) is 0 Å². The molecule has 4 rings (SSSR count). The van der Waals surface area contributed by atoms with Crippen molar-refractivity contribution in [2.24, 2.45) is 28.6 Å². The molecule has 0 amide bonds. The van der Waals surface area contributed by atoms with Gasteiger partial charge in [0.25, 0.3) is 0 Å². The van der Waals surface area contributed by atoms with Crippen molar-refractivity contribution in [3.63, 3.8) is 0 Å². The molecule has 5 heteroatoms. The SMILES string of the molecule is CC12CCCC1C1CC(O[Si](C)(C)C)C3(O)CC(O[Si](C)(C)C)CCC3(C)C1CC2. The minimum absolute atomic E-state index is 0.0219. The Morgan fingerprint density at radius 1 is 0.800 bits per heavy atom. The molecule has 4 aliphatic carbocycles. The molecule has 30 heavy (non-hydrogen) atoms. The van der Waals surface area contributed by atoms with E-state index in [0.717, 1.165) is 37.5 Å². The van der Waals surface area contributed by atoms with Gasteiger partial charge >= 0.3 is 0 Å². The molecule has 0 bridgehead atoms. The molecule has 3 nitrogen and oxygen atoms in total. The number of hydrogen-bond donors (Lipinski definition) is 1. The number of rotatable bonds is 4. The van der Waals surface area contributed by atoms with Crippen LogP contribution in [0.25, 0.3) is 0 Å². The van der Waals surface area contributed by atoms with Crippen molar-refractivity contribution >= 4 is 16.6 Å². The third kappa shape index (κ3) is 3.93. The minimum atomic E-state index is -1.77. The van der Waals surface area contributed by atoms with E-state index in [0.29, 0.717) is 11.3 Å². The van der Waals surface area contributed by atoms with E-state index in [1.54, 1.807) is 0 Å². The molecular formula is C25H48O3Si2. The molecule has 1 N–H and O–H groups in total. The predicted molar refractivity (Wildman–Crippen MR) is 130 cm³/mol. The minimum Gasteiger partial charge on any atom is -0.415 e. The van der Waals surface area contributed by atoms with Crippen LogP contribution in [0.1, 0.15) is 71.6 Å². The third-order valence-corrected chi connectivity index (χ3v) is 11.6. The van der Waals surface area contributed by atoms with E-state index in [1.807, 2.05) is 0 Å². The smallest absolute Gasteiger partial charge is 0.184 e. The average molecular weight is 453 g/mol. The summed E-state index contributed by atoms with van der Waals surface area (Å²) >= 11 is 0. The molecule has 0 aromatic rings. The summed E-state index contributed by atoms with van der Waals surface area (Å²) in [5.74, 6) is 2.21. The molecular weight excluding hydrogens is 404 g/mol. The molecule has 0 saturated heterocycles. The highest BCUT2D eigenvalue weighted by atomic mass is 28.4. The van der Waals surface area contributed by atoms with Crippen LogP contribution in [0.4, 0.5) is 0 Å². The fraction of sp³-hybridized carbons (Fsp3) is 1.00. The summed E-state index contributed by atoms with van der Waals surface area (Å²) in [6.07, 6.45) is 11.1. The van der Waals surface area contributed by atoms with Gasteiger partial charge in [0, 0.05) is 17.9 Å². The van der Waals surface area contributed by atoms with Crippen LogP contribution in [-0.2, 0) is 8.85 Å². The van der Waals surface area contributed by atoms with Gasteiger partial charge in [0.2, 0.25) is 0 Å². The van der Waals surface area contributed by atoms with Crippen molar-refractivity contribution < 1.29 is 14.0 Å². The second-order valence-corrected chi connectivity index (χ2v) is 22.8. The Kier molecular flexibility index (Phi) is 5.80. The summed E-state index contributed by atoms with van der Waals surface area (Å²) < 4.78 is 13.4. The first-order valence-corrected chi connectivity index (χ1v) is 19.6. The molecule has 0 radical (unpaired) electrons. The highest BCUT2D eigenvalue weighted by molar-refractivity contribution is 6.70. The van der Waals surface area contributed by atoms with Gasteiger partial charge in [0.05, 0.1) is 11.7 Å². The van der Waals surface area contributed by atoms with Crippen LogP contribution in [0.2, 0.25) is 39.3 Å². The van der Waals surface area contributed by atoms with E-state index in [2.05, 4.69) is 53.1 Å². The van der Waals surface area contributed by atoms with Crippen molar-refractivity contribution in [3.8, 4) is 0 Å². The van der Waals surface area contributed by atoms with Gasteiger partial charge in [-0.1, -0.05) is 20.3 Å². The summed E-state index contributed by atoms with van der Waals surface area (Å²) in [5, 5.41) is 12.5. The van der Waals surface area contributed by atoms with E-state index in [4.69, 9.17) is 8.85 Å². The van der Waals surface area contributed by atoms with E-state index >= 15 is 0 Å². The average Bonchev–Trinajstić information content (AvgIpc) is 2.96. The van der Waals surface area contributed by atoms with Gasteiger partial charge in [0.1, 0.15) is 0 Å². The zero-order chi connectivity index (χ0) is 22.2. The van der Waals surface area contributed by atoms with Gasteiger partial charge in [0.15, 0.2) is 16.6 Å². The fourth-order valence-corrected chi connectivity index (χ4v) is 10.7. The lowest BCUT2D eigenvalue weighted by Gasteiger charge is -2.66. The van der Waals surface area contributed by atoms with Gasteiger partial charge in [-0.2, -0.15) is 0 Å². The Bertz CT molecular complexity index is 656. The molecule has 0 aromatic carbocycles. The third-order valence-electron chi connectivity index (χ3n) is 9.59. The van der Waals surface area contributed by atoms with Gasteiger partial charge in [-0.05, 0) is 107 Å². The molecule has 0 spiro atoms. The zero-order valence-electron chi connectivity index (χ0n) is 21.0. The molecule has 8 atom stereocenters. The van der Waals surface area contributed by atoms with Crippen LogP contribution in [0.5, 0.6) is 0 Å². The Hall–Kier alpha value is 0.314. The second kappa shape index (κ2) is 7.41. The second-order valence-electron chi connectivity index (χ2n) is 13.9. The first-order valence-electron chi connectivity index (χ1n) is 12.7. The van der Waals surface area contributed by atoms with Crippen molar-refractivity contribution in [3.05, 3.63) is 0 Å². The van der Waals surface area contributed by atoms with Crippen LogP contribution in [0.15, 0.2) is 0 Å². The molecule has 4 saturated carbocycles. The van der Waals surface area contributed by atoms with Crippen LogP contribution in [0, 0.1) is 28.6 Å². The number of hydrogen-bond acceptors (Lipinski definition) is 3. The van der Waals surface area contributed by atoms with Crippen LogP contribution >= 0.6 is 0 Å². The van der Waals surface area contributed by atoms with E-state index in [1.165, 1.54) is 32.1 Å². The van der Waals surface area contributed by atoms with Gasteiger partial charge < -0.3 is 14.0 Å². The van der Waals surface area contributed by atoms with Crippen LogP contribution in [-0.4, -0.2) is 39.6 Å². The monoisotopic (exact) mass is 452 g/mol. The van der Waals surface area contributed by atoms with Crippen LogP contribution in [0.3, 0.4) is 0 Å². The van der Waals surface area contributed by atoms with E-state index in [9.17, 15) is 5.11 Å². The summed E-state index contributed by atoms with van der Waals surface area (Å²) in [7, 11) is -3.40. The summed E-state index contributed by atoms with van der Waals surface area (Å²) in [5.41, 5.74) is -0.248. The molecule has 0 aliphatic heterocycles. The lowest BCUT2D eigenvalue weighted by molar-refractivity contribution is -0.258. The fourth-order valence-electron chi connectivity index (χ4n) is 8.38. The maximum absolute atomic E-state index is 12.5. The highest BCUT2D eigenvalue weighted by Crippen LogP contribution is 2.68. The van der Waals surface area contributed by atoms with Gasteiger partial charge in [-0.25, -0.2) is 0 Å². The Labute approximate surface area is 188 Å². The summed E-state index contributed by atoms with van der Waals surface area (Å²) in [4.78, 5) is 0. The first-order chi connectivity index (χ1) is 13.7. The highest BCUT2D eigenvalue weighted by Gasteiger charge is 2.67.